The highest BCUT2D eigenvalue weighted by Crippen LogP contribution is 2.24. The number of amides is 1. The van der Waals surface area contributed by atoms with Crippen molar-refractivity contribution in [3.63, 3.8) is 0 Å². The van der Waals surface area contributed by atoms with Crippen LogP contribution in [-0.2, 0) is 4.74 Å². The first-order valence-electron chi connectivity index (χ1n) is 7.21. The minimum atomic E-state index is -0.546. The largest absolute Gasteiger partial charge is 0.489 e. The van der Waals surface area contributed by atoms with Crippen molar-refractivity contribution in [3.05, 3.63) is 30.3 Å². The molecule has 1 unspecified atom stereocenters. The number of ether oxygens (including phenoxy) is 2. The first kappa shape index (κ1) is 15.6. The van der Waals surface area contributed by atoms with Crippen molar-refractivity contribution < 1.29 is 19.4 Å². The Bertz CT molecular complexity index is 469. The summed E-state index contributed by atoms with van der Waals surface area (Å²) in [5, 5.41) is 9.46. The second kappa shape index (κ2) is 6.35. The highest BCUT2D eigenvalue weighted by Gasteiger charge is 2.38. The summed E-state index contributed by atoms with van der Waals surface area (Å²) in [7, 11) is 0. The van der Waals surface area contributed by atoms with Gasteiger partial charge in [-0.1, -0.05) is 18.2 Å². The number of para-hydroxylation sites is 1. The molecule has 1 amide bonds. The molecule has 0 radical (unpaired) electrons. The lowest BCUT2D eigenvalue weighted by Gasteiger charge is -2.27. The molecule has 116 valence electrons. The average Bonchev–Trinajstić information content (AvgIpc) is 2.81. The molecule has 0 bridgehead atoms. The number of carbonyl (C=O) groups is 1. The Hall–Kier alpha value is -1.75. The number of aliphatic hydroxyl groups excluding tert-OH is 1. The molecule has 1 fully saturated rings. The van der Waals surface area contributed by atoms with E-state index in [1.807, 2.05) is 51.1 Å². The van der Waals surface area contributed by atoms with Crippen LogP contribution in [0.3, 0.4) is 0 Å². The van der Waals surface area contributed by atoms with Crippen LogP contribution in [0.1, 0.15) is 27.2 Å². The minimum absolute atomic E-state index is 0.0894. The van der Waals surface area contributed by atoms with E-state index in [1.54, 1.807) is 4.90 Å². The van der Waals surface area contributed by atoms with E-state index in [9.17, 15) is 9.90 Å². The fraction of sp³-hybridized carbons (Fsp3) is 0.562. The molecule has 5 heteroatoms. The van der Waals surface area contributed by atoms with Crippen molar-refractivity contribution in [1.29, 1.82) is 0 Å². The monoisotopic (exact) mass is 293 g/mol. The highest BCUT2D eigenvalue weighted by molar-refractivity contribution is 5.69. The van der Waals surface area contributed by atoms with Crippen LogP contribution >= 0.6 is 0 Å². The molecule has 0 aromatic heterocycles. The number of hydrogen-bond acceptors (Lipinski definition) is 4. The van der Waals surface area contributed by atoms with Crippen LogP contribution in [0.2, 0.25) is 0 Å². The fourth-order valence-electron chi connectivity index (χ4n) is 2.37. The van der Waals surface area contributed by atoms with Gasteiger partial charge in [0.1, 0.15) is 17.5 Å². The molecule has 0 saturated carbocycles. The molecule has 1 aliphatic heterocycles. The van der Waals surface area contributed by atoms with Gasteiger partial charge in [0.15, 0.2) is 0 Å². The van der Waals surface area contributed by atoms with Crippen LogP contribution < -0.4 is 4.74 Å². The third-order valence-electron chi connectivity index (χ3n) is 3.26. The van der Waals surface area contributed by atoms with Gasteiger partial charge in [-0.05, 0) is 32.9 Å². The standard InChI is InChI=1S/C16H23NO4/c1-16(2,3)21-15(19)17-10-14(9-12(17)11-18)20-13-7-5-4-6-8-13/h4-8,12,14,18H,9-11H2,1-3H3/t12-,14?/m0/s1. The normalized spacial score (nSPS) is 22.2. The third-order valence-corrected chi connectivity index (χ3v) is 3.26. The maximum absolute atomic E-state index is 12.2. The predicted octanol–water partition coefficient (Wildman–Crippen LogP) is 2.44. The zero-order valence-electron chi connectivity index (χ0n) is 12.8. The van der Waals surface area contributed by atoms with Gasteiger partial charge in [-0.25, -0.2) is 4.79 Å². The van der Waals surface area contributed by atoms with E-state index in [2.05, 4.69) is 0 Å². The van der Waals surface area contributed by atoms with Crippen molar-refractivity contribution in [3.8, 4) is 5.75 Å². The Morgan fingerprint density at radius 1 is 1.33 bits per heavy atom. The molecule has 1 heterocycles. The Morgan fingerprint density at radius 2 is 2.00 bits per heavy atom. The van der Waals surface area contributed by atoms with E-state index >= 15 is 0 Å². The lowest BCUT2D eigenvalue weighted by Crippen LogP contribution is -2.41. The average molecular weight is 293 g/mol. The first-order valence-corrected chi connectivity index (χ1v) is 7.21. The van der Waals surface area contributed by atoms with Gasteiger partial charge in [-0.15, -0.1) is 0 Å². The molecule has 1 N–H and O–H groups in total. The Labute approximate surface area is 125 Å². The van der Waals surface area contributed by atoms with E-state index in [-0.39, 0.29) is 18.8 Å². The van der Waals surface area contributed by atoms with Crippen LogP contribution in [-0.4, -0.2) is 47.0 Å². The molecule has 1 aliphatic rings. The van der Waals surface area contributed by atoms with Gasteiger partial charge in [-0.3, -0.25) is 4.90 Å². The van der Waals surface area contributed by atoms with E-state index in [4.69, 9.17) is 9.47 Å². The number of carbonyl (C=O) groups excluding carboxylic acids is 1. The van der Waals surface area contributed by atoms with Crippen LogP contribution in [0.15, 0.2) is 30.3 Å². The lowest BCUT2D eigenvalue weighted by molar-refractivity contribution is 0.0165. The van der Waals surface area contributed by atoms with Gasteiger partial charge >= 0.3 is 6.09 Å². The predicted molar refractivity (Wildman–Crippen MR) is 79.3 cm³/mol. The zero-order valence-corrected chi connectivity index (χ0v) is 12.8. The summed E-state index contributed by atoms with van der Waals surface area (Å²) in [6.07, 6.45) is 0.0720. The topological polar surface area (TPSA) is 59.0 Å². The number of nitrogens with zero attached hydrogens (tertiary/aromatic N) is 1. The van der Waals surface area contributed by atoms with Gasteiger partial charge in [0.05, 0.1) is 19.2 Å². The van der Waals surface area contributed by atoms with Gasteiger partial charge < -0.3 is 14.6 Å². The molecule has 2 rings (SSSR count). The van der Waals surface area contributed by atoms with Gasteiger partial charge in [0.2, 0.25) is 0 Å². The zero-order chi connectivity index (χ0) is 15.5. The second-order valence-electron chi connectivity index (χ2n) is 6.26. The molecular weight excluding hydrogens is 270 g/mol. The van der Waals surface area contributed by atoms with Gasteiger partial charge in [0.25, 0.3) is 0 Å². The number of hydrogen-bond donors (Lipinski definition) is 1. The Balaban J connectivity index is 1.99. The molecule has 1 aromatic rings. The van der Waals surface area contributed by atoms with Crippen molar-refractivity contribution >= 4 is 6.09 Å². The second-order valence-corrected chi connectivity index (χ2v) is 6.26. The van der Waals surface area contributed by atoms with Crippen molar-refractivity contribution in [2.45, 2.75) is 44.9 Å². The van der Waals surface area contributed by atoms with Crippen molar-refractivity contribution in [1.82, 2.24) is 4.90 Å². The summed E-state index contributed by atoms with van der Waals surface area (Å²) in [6, 6.07) is 9.23. The quantitative estimate of drug-likeness (QED) is 0.930. The molecule has 2 atom stereocenters. The number of rotatable bonds is 3. The summed E-state index contributed by atoms with van der Waals surface area (Å²) in [6.45, 7) is 5.82. The SMILES string of the molecule is CC(C)(C)OC(=O)N1CC(Oc2ccccc2)C[C@H]1CO. The van der Waals surface area contributed by atoms with E-state index < -0.39 is 11.7 Å². The summed E-state index contributed by atoms with van der Waals surface area (Å²) in [5.74, 6) is 0.769. The highest BCUT2D eigenvalue weighted by atomic mass is 16.6. The maximum Gasteiger partial charge on any atom is 0.410 e. The van der Waals surface area contributed by atoms with Crippen molar-refractivity contribution in [2.75, 3.05) is 13.2 Å². The smallest absolute Gasteiger partial charge is 0.410 e. The van der Waals surface area contributed by atoms with E-state index in [0.29, 0.717) is 13.0 Å². The third kappa shape index (κ3) is 4.36. The van der Waals surface area contributed by atoms with Crippen LogP contribution in [0, 0.1) is 0 Å². The number of likely N-dealkylation sites (tertiary alicyclic amines) is 1. The number of benzene rings is 1. The van der Waals surface area contributed by atoms with Crippen LogP contribution in [0.5, 0.6) is 5.75 Å². The summed E-state index contributed by atoms with van der Waals surface area (Å²) in [4.78, 5) is 13.7. The molecule has 21 heavy (non-hydrogen) atoms. The maximum atomic E-state index is 12.2. The van der Waals surface area contributed by atoms with Crippen LogP contribution in [0.25, 0.3) is 0 Å². The molecule has 5 nitrogen and oxygen atoms in total. The molecule has 1 saturated heterocycles. The summed E-state index contributed by atoms with van der Waals surface area (Å²) >= 11 is 0. The molecule has 1 aromatic carbocycles. The molecule has 0 spiro atoms. The van der Waals surface area contributed by atoms with E-state index in [1.165, 1.54) is 0 Å². The van der Waals surface area contributed by atoms with Gasteiger partial charge in [0, 0.05) is 6.42 Å². The number of aliphatic hydroxyl groups is 1. The molecular formula is C16H23NO4. The van der Waals surface area contributed by atoms with Crippen LogP contribution in [0.4, 0.5) is 4.79 Å². The lowest BCUT2D eigenvalue weighted by atomic mass is 10.2. The fourth-order valence-corrected chi connectivity index (χ4v) is 2.37. The minimum Gasteiger partial charge on any atom is -0.489 e. The summed E-state index contributed by atoms with van der Waals surface area (Å²) < 4.78 is 11.2. The summed E-state index contributed by atoms with van der Waals surface area (Å²) in [5.41, 5.74) is -0.546. The Kier molecular flexibility index (Phi) is 4.73. The Morgan fingerprint density at radius 3 is 2.57 bits per heavy atom. The molecule has 0 aliphatic carbocycles. The first-order chi connectivity index (χ1) is 9.89. The van der Waals surface area contributed by atoms with E-state index in [0.717, 1.165) is 5.75 Å². The van der Waals surface area contributed by atoms with Gasteiger partial charge in [-0.2, -0.15) is 0 Å². The van der Waals surface area contributed by atoms with Crippen molar-refractivity contribution in [2.24, 2.45) is 0 Å².